The van der Waals surface area contributed by atoms with Gasteiger partial charge in [-0.15, -0.1) is 0 Å². The van der Waals surface area contributed by atoms with E-state index in [-0.39, 0.29) is 11.8 Å². The summed E-state index contributed by atoms with van der Waals surface area (Å²) in [5.74, 6) is -1.94. The Hall–Kier alpha value is -3.27. The number of hydrogen-bond acceptors (Lipinski definition) is 5. The van der Waals surface area contributed by atoms with Crippen LogP contribution in [0.3, 0.4) is 0 Å². The van der Waals surface area contributed by atoms with Crippen molar-refractivity contribution in [3.8, 4) is 0 Å². The van der Waals surface area contributed by atoms with Crippen molar-refractivity contribution in [1.29, 1.82) is 5.41 Å². The third kappa shape index (κ3) is 4.67. The molecule has 1 aliphatic rings. The molecule has 7 N–H and O–H groups in total. The van der Waals surface area contributed by atoms with Crippen LogP contribution in [0, 0.1) is 5.41 Å². The number of rotatable bonds is 6. The summed E-state index contributed by atoms with van der Waals surface area (Å²) in [6.07, 6.45) is 0.409. The van der Waals surface area contributed by atoms with Crippen LogP contribution in [0.1, 0.15) is 24.5 Å². The van der Waals surface area contributed by atoms with Crippen molar-refractivity contribution < 1.29 is 14.3 Å². The van der Waals surface area contributed by atoms with E-state index >= 15 is 0 Å². The standard InChI is InChI=1S/C17H23N7O3/c1-3-12(14(19)25)24(2)17(21)23-16(13(18)15(20)26)22-11-5-4-9-7-27-8-10(9)6-11/h4-6,12,18H,3,7-8H2,1-2H3,(H2,19,25)(H2,20,26)(H2,21,22,23)/t12-/m1/s1. The van der Waals surface area contributed by atoms with Crippen molar-refractivity contribution in [3.05, 3.63) is 29.3 Å². The maximum absolute atomic E-state index is 11.5. The Morgan fingerprint density at radius 3 is 2.52 bits per heavy atom. The van der Waals surface area contributed by atoms with Crippen LogP contribution < -0.4 is 17.2 Å². The lowest BCUT2D eigenvalue weighted by atomic mass is 10.1. The van der Waals surface area contributed by atoms with Gasteiger partial charge in [-0.05, 0) is 29.7 Å². The number of fused-ring (bicyclic) bond motifs is 1. The van der Waals surface area contributed by atoms with Crippen LogP contribution in [0.5, 0.6) is 0 Å². The zero-order valence-corrected chi connectivity index (χ0v) is 15.2. The Labute approximate surface area is 156 Å². The highest BCUT2D eigenvalue weighted by molar-refractivity contribution is 6.66. The molecule has 2 amide bonds. The molecule has 1 aromatic carbocycles. The van der Waals surface area contributed by atoms with E-state index in [0.29, 0.717) is 25.3 Å². The molecule has 1 aliphatic heterocycles. The van der Waals surface area contributed by atoms with Gasteiger partial charge in [0.1, 0.15) is 6.04 Å². The van der Waals surface area contributed by atoms with Crippen LogP contribution in [0.2, 0.25) is 0 Å². The largest absolute Gasteiger partial charge is 0.372 e. The molecule has 10 nitrogen and oxygen atoms in total. The third-order valence-corrected chi connectivity index (χ3v) is 4.17. The van der Waals surface area contributed by atoms with Crippen LogP contribution in [0.25, 0.3) is 0 Å². The van der Waals surface area contributed by atoms with Gasteiger partial charge < -0.3 is 26.8 Å². The maximum Gasteiger partial charge on any atom is 0.270 e. The van der Waals surface area contributed by atoms with Gasteiger partial charge in [-0.3, -0.25) is 15.0 Å². The molecule has 0 saturated heterocycles. The fraction of sp³-hybridized carbons (Fsp3) is 0.353. The number of amidine groups is 1. The molecule has 0 aromatic heterocycles. The quantitative estimate of drug-likeness (QED) is 0.397. The second kappa shape index (κ2) is 8.41. The van der Waals surface area contributed by atoms with E-state index in [1.807, 2.05) is 6.07 Å². The molecule has 1 heterocycles. The van der Waals surface area contributed by atoms with Gasteiger partial charge in [-0.2, -0.15) is 4.99 Å². The zero-order chi connectivity index (χ0) is 20.1. The summed E-state index contributed by atoms with van der Waals surface area (Å²) >= 11 is 0. The average molecular weight is 373 g/mol. The Morgan fingerprint density at radius 2 is 1.93 bits per heavy atom. The van der Waals surface area contributed by atoms with Crippen molar-refractivity contribution >= 4 is 35.0 Å². The minimum atomic E-state index is -1.00. The van der Waals surface area contributed by atoms with E-state index in [1.165, 1.54) is 11.9 Å². The van der Waals surface area contributed by atoms with E-state index in [0.717, 1.165) is 11.1 Å². The molecule has 1 aromatic rings. The molecule has 0 fully saturated rings. The molecule has 0 spiro atoms. The van der Waals surface area contributed by atoms with E-state index in [9.17, 15) is 9.59 Å². The SMILES string of the molecule is CC[C@H](C(N)=O)N(C)C(N)=NC(=Nc1ccc2c(c1)COC2)C(=N)C(N)=O. The van der Waals surface area contributed by atoms with Crippen LogP contribution in [0.4, 0.5) is 5.69 Å². The number of hydrogen-bond donors (Lipinski definition) is 4. The summed E-state index contributed by atoms with van der Waals surface area (Å²) in [6, 6.07) is 4.67. The topological polar surface area (TPSA) is 173 Å². The molecule has 2 rings (SSSR count). The minimum absolute atomic E-state index is 0.116. The minimum Gasteiger partial charge on any atom is -0.372 e. The number of nitrogens with zero attached hydrogens (tertiary/aromatic N) is 3. The molecular weight excluding hydrogens is 350 g/mol. The number of nitrogens with two attached hydrogens (primary N) is 3. The highest BCUT2D eigenvalue weighted by Gasteiger charge is 2.22. The highest BCUT2D eigenvalue weighted by atomic mass is 16.5. The van der Waals surface area contributed by atoms with Crippen molar-refractivity contribution in [1.82, 2.24) is 4.90 Å². The monoisotopic (exact) mass is 373 g/mol. The summed E-state index contributed by atoms with van der Waals surface area (Å²) in [7, 11) is 1.54. The lowest BCUT2D eigenvalue weighted by molar-refractivity contribution is -0.121. The average Bonchev–Trinajstić information content (AvgIpc) is 3.08. The van der Waals surface area contributed by atoms with Crippen molar-refractivity contribution in [2.75, 3.05) is 7.05 Å². The van der Waals surface area contributed by atoms with Crippen LogP contribution in [-0.4, -0.2) is 47.3 Å². The molecule has 0 unspecified atom stereocenters. The van der Waals surface area contributed by atoms with Crippen LogP contribution in [-0.2, 0) is 27.5 Å². The van der Waals surface area contributed by atoms with E-state index < -0.39 is 23.6 Å². The second-order valence-electron chi connectivity index (χ2n) is 6.03. The summed E-state index contributed by atoms with van der Waals surface area (Å²) < 4.78 is 5.35. The number of carbonyl (C=O) groups is 2. The van der Waals surface area contributed by atoms with Gasteiger partial charge in [-0.1, -0.05) is 13.0 Å². The fourth-order valence-corrected chi connectivity index (χ4v) is 2.61. The number of likely N-dealkylation sites (N-methyl/N-ethyl adjacent to an activating group) is 1. The summed E-state index contributed by atoms with van der Waals surface area (Å²) in [5, 5.41) is 7.87. The third-order valence-electron chi connectivity index (χ3n) is 4.17. The van der Waals surface area contributed by atoms with E-state index in [4.69, 9.17) is 27.3 Å². The lowest BCUT2D eigenvalue weighted by Crippen LogP contribution is -2.48. The van der Waals surface area contributed by atoms with Gasteiger partial charge in [0.2, 0.25) is 5.91 Å². The number of carbonyl (C=O) groups excluding carboxylic acids is 2. The molecule has 0 bridgehead atoms. The molecule has 0 aliphatic carbocycles. The molecule has 27 heavy (non-hydrogen) atoms. The molecule has 0 radical (unpaired) electrons. The van der Waals surface area contributed by atoms with Gasteiger partial charge in [0.15, 0.2) is 17.5 Å². The summed E-state index contributed by atoms with van der Waals surface area (Å²) in [4.78, 5) is 32.6. The fourth-order valence-electron chi connectivity index (χ4n) is 2.61. The first-order chi connectivity index (χ1) is 12.7. The predicted octanol–water partition coefficient (Wildman–Crippen LogP) is -0.238. The van der Waals surface area contributed by atoms with Gasteiger partial charge in [-0.25, -0.2) is 4.99 Å². The summed E-state index contributed by atoms with van der Waals surface area (Å²) in [5.41, 5.74) is 18.4. The smallest absolute Gasteiger partial charge is 0.270 e. The Morgan fingerprint density at radius 1 is 1.26 bits per heavy atom. The predicted molar refractivity (Wildman–Crippen MR) is 102 cm³/mol. The summed E-state index contributed by atoms with van der Waals surface area (Å²) in [6.45, 7) is 2.77. The van der Waals surface area contributed by atoms with E-state index in [1.54, 1.807) is 19.1 Å². The van der Waals surface area contributed by atoms with Crippen molar-refractivity contribution in [2.24, 2.45) is 27.2 Å². The normalized spacial score (nSPS) is 15.2. The number of benzene rings is 1. The highest BCUT2D eigenvalue weighted by Crippen LogP contribution is 2.25. The van der Waals surface area contributed by atoms with Gasteiger partial charge in [0.05, 0.1) is 18.9 Å². The number of ether oxygens (including phenoxy) is 1. The molecule has 144 valence electrons. The molecule has 0 saturated carbocycles. The Balaban J connectivity index is 2.41. The Kier molecular flexibility index (Phi) is 6.24. The van der Waals surface area contributed by atoms with Gasteiger partial charge >= 0.3 is 0 Å². The Bertz CT molecular complexity index is 832. The first-order valence-corrected chi connectivity index (χ1v) is 8.27. The number of amides is 2. The van der Waals surface area contributed by atoms with Crippen LogP contribution in [0.15, 0.2) is 28.2 Å². The molecule has 10 heteroatoms. The number of nitrogens with one attached hydrogen (secondary N) is 1. The number of guanidine groups is 1. The zero-order valence-electron chi connectivity index (χ0n) is 15.2. The first-order valence-electron chi connectivity index (χ1n) is 8.27. The second-order valence-corrected chi connectivity index (χ2v) is 6.03. The molecular formula is C17H23N7O3. The van der Waals surface area contributed by atoms with Crippen LogP contribution >= 0.6 is 0 Å². The molecule has 1 atom stereocenters. The van der Waals surface area contributed by atoms with Gasteiger partial charge in [0, 0.05) is 7.05 Å². The van der Waals surface area contributed by atoms with Crippen molar-refractivity contribution in [3.63, 3.8) is 0 Å². The van der Waals surface area contributed by atoms with E-state index in [2.05, 4.69) is 9.98 Å². The number of primary amides is 2. The first kappa shape index (κ1) is 20.0. The maximum atomic E-state index is 11.5. The lowest BCUT2D eigenvalue weighted by Gasteiger charge is -2.25. The van der Waals surface area contributed by atoms with Gasteiger partial charge in [0.25, 0.3) is 5.91 Å². The van der Waals surface area contributed by atoms with Crippen molar-refractivity contribution in [2.45, 2.75) is 32.6 Å². The number of aliphatic imine (C=N–C) groups is 2.